The molecule has 0 spiro atoms. The third-order valence-corrected chi connectivity index (χ3v) is 0. The molecule has 0 N–H and O–H groups in total. The summed E-state index contributed by atoms with van der Waals surface area (Å²) in [6.45, 7) is 4.25. The molecule has 6 heavy (non-hydrogen) atoms. The molecule has 40 valence electrons. The van der Waals surface area contributed by atoms with Crippen LogP contribution < -0.4 is 24.8 Å². The first-order valence-corrected chi connectivity index (χ1v) is 1.41. The molecule has 0 aliphatic carbocycles. The van der Waals surface area contributed by atoms with Gasteiger partial charge in [0.05, 0.1) is 0 Å². The van der Waals surface area contributed by atoms with Crippen molar-refractivity contribution in [1.82, 2.24) is 0 Å². The first-order valence-electron chi connectivity index (χ1n) is 1.41. The number of hydrogen-bond acceptors (Lipinski definition) is 0. The Kier molecular flexibility index (Phi) is 139. The summed E-state index contributed by atoms with van der Waals surface area (Å²) in [5.74, 6) is 0. The van der Waals surface area contributed by atoms with Crippen LogP contribution in [0.25, 0.3) is 0 Å². The molecule has 0 fully saturated rings. The first kappa shape index (κ1) is 26.0. The second-order valence-electron chi connectivity index (χ2n) is 0.707. The van der Waals surface area contributed by atoms with E-state index in [-0.39, 0.29) is 50.7 Å². The topological polar surface area (TPSA) is 0 Å². The van der Waals surface area contributed by atoms with Gasteiger partial charge in [0, 0.05) is 25.8 Å². The van der Waals surface area contributed by atoms with Crippen LogP contribution in [0.3, 0.4) is 0 Å². The van der Waals surface area contributed by atoms with E-state index in [9.17, 15) is 0 Å². The van der Waals surface area contributed by atoms with Crippen molar-refractivity contribution in [1.29, 1.82) is 0 Å². The molecular weight excluding hydrogens is 285 g/mol. The van der Waals surface area contributed by atoms with Gasteiger partial charge < -0.3 is 24.8 Å². The summed E-state index contributed by atoms with van der Waals surface area (Å²) in [7, 11) is 0. The molecule has 0 heterocycles. The summed E-state index contributed by atoms with van der Waals surface area (Å²) in [5, 5.41) is 0. The van der Waals surface area contributed by atoms with Crippen LogP contribution in [0.5, 0.6) is 0 Å². The summed E-state index contributed by atoms with van der Waals surface area (Å²) in [6.07, 6.45) is 1.25. The zero-order valence-corrected chi connectivity index (χ0v) is 9.07. The van der Waals surface area contributed by atoms with Gasteiger partial charge in [-0.3, -0.25) is 0 Å². The molecule has 0 rings (SSSR count). The Morgan fingerprint density at radius 2 is 1.00 bits per heavy atom. The summed E-state index contributed by atoms with van der Waals surface area (Å²) in [5.41, 5.74) is 0. The van der Waals surface area contributed by atoms with Crippen molar-refractivity contribution in [3.05, 3.63) is 0 Å². The Labute approximate surface area is 70.7 Å². The molecule has 3 heteroatoms. The van der Waals surface area contributed by atoms with Crippen LogP contribution in [0.2, 0.25) is 0 Å². The van der Waals surface area contributed by atoms with Crippen molar-refractivity contribution in [3.8, 4) is 0 Å². The molecule has 0 aliphatic rings. The van der Waals surface area contributed by atoms with Gasteiger partial charge in [-0.05, 0) is 0 Å². The van der Waals surface area contributed by atoms with Gasteiger partial charge in [0.1, 0.15) is 0 Å². The van der Waals surface area contributed by atoms with E-state index in [2.05, 4.69) is 13.8 Å². The van der Waals surface area contributed by atoms with E-state index in [1.165, 1.54) is 6.42 Å². The first-order chi connectivity index (χ1) is 1.41. The second-order valence-corrected chi connectivity index (χ2v) is 0.707. The van der Waals surface area contributed by atoms with E-state index >= 15 is 0 Å². The fraction of sp³-hybridized carbons (Fsp3) is 1.00. The number of rotatable bonds is 0. The Morgan fingerprint density at radius 1 is 1.00 bits per heavy atom. The van der Waals surface area contributed by atoms with Crippen LogP contribution in [0.4, 0.5) is 0 Å². The minimum absolute atomic E-state index is 0. The van der Waals surface area contributed by atoms with Crippen molar-refractivity contribution >= 4 is 0 Å². The minimum atomic E-state index is 0. The maximum Gasteiger partial charge on any atom is 0 e. The molecule has 0 amide bonds. The van der Waals surface area contributed by atoms with Crippen LogP contribution in [-0.4, -0.2) is 0 Å². The van der Waals surface area contributed by atoms with Gasteiger partial charge in [0.25, 0.3) is 0 Å². The SMILES string of the molecule is CCC.[Cl-].[Cl-].[Hf]. The van der Waals surface area contributed by atoms with Gasteiger partial charge >= 0.3 is 0 Å². The normalized spacial score (nSPS) is 3.00. The van der Waals surface area contributed by atoms with Gasteiger partial charge in [-0.1, -0.05) is 20.3 Å². The fourth-order valence-corrected chi connectivity index (χ4v) is 0. The summed E-state index contributed by atoms with van der Waals surface area (Å²) in [6, 6.07) is 0. The van der Waals surface area contributed by atoms with Crippen molar-refractivity contribution < 1.29 is 50.7 Å². The molecule has 0 aromatic rings. The zero-order valence-electron chi connectivity index (χ0n) is 3.96. The predicted octanol–water partition coefficient (Wildman–Crippen LogP) is -4.58. The Morgan fingerprint density at radius 3 is 1.00 bits per heavy atom. The monoisotopic (exact) mass is 294 g/mol. The van der Waals surface area contributed by atoms with E-state index in [1.807, 2.05) is 0 Å². The van der Waals surface area contributed by atoms with Crippen molar-refractivity contribution in [2.75, 3.05) is 0 Å². The van der Waals surface area contributed by atoms with E-state index in [4.69, 9.17) is 0 Å². The van der Waals surface area contributed by atoms with Crippen molar-refractivity contribution in [2.24, 2.45) is 0 Å². The fourth-order valence-electron chi connectivity index (χ4n) is 0. The average molecular weight is 293 g/mol. The summed E-state index contributed by atoms with van der Waals surface area (Å²) >= 11 is 0. The van der Waals surface area contributed by atoms with Gasteiger partial charge in [0.15, 0.2) is 0 Å². The van der Waals surface area contributed by atoms with Crippen molar-refractivity contribution in [3.63, 3.8) is 0 Å². The number of halogens is 2. The Balaban J connectivity index is -0.00000000667. The largest absolute Gasteiger partial charge is 1.00 e. The van der Waals surface area contributed by atoms with E-state index in [0.717, 1.165) is 0 Å². The molecule has 0 nitrogen and oxygen atoms in total. The molecule has 0 aliphatic heterocycles. The smallest absolute Gasteiger partial charge is 0 e. The molecule has 0 aromatic heterocycles. The van der Waals surface area contributed by atoms with Crippen LogP contribution in [-0.2, 0) is 25.8 Å². The third-order valence-electron chi connectivity index (χ3n) is 0. The van der Waals surface area contributed by atoms with Crippen LogP contribution in [0, 0.1) is 0 Å². The van der Waals surface area contributed by atoms with Crippen LogP contribution in [0.1, 0.15) is 20.3 Å². The molecule has 0 saturated heterocycles. The Bertz CT molecular complexity index is 8.75. The van der Waals surface area contributed by atoms with E-state index in [0.29, 0.717) is 0 Å². The van der Waals surface area contributed by atoms with Gasteiger partial charge in [0.2, 0.25) is 0 Å². The summed E-state index contributed by atoms with van der Waals surface area (Å²) < 4.78 is 0. The quantitative estimate of drug-likeness (QED) is 0.395. The second kappa shape index (κ2) is 31.9. The Hall–Kier alpha value is 1.45. The maximum atomic E-state index is 2.12. The standard InChI is InChI=1S/C3H8.2ClH.Hf/c1-3-2;;;/h3H2,1-2H3;2*1H;/p-2. The molecule has 0 aromatic carbocycles. The van der Waals surface area contributed by atoms with Gasteiger partial charge in [-0.15, -0.1) is 0 Å². The minimum Gasteiger partial charge on any atom is -1.00 e. The molecule has 0 saturated carbocycles. The van der Waals surface area contributed by atoms with E-state index in [1.54, 1.807) is 0 Å². The maximum absolute atomic E-state index is 2.12. The zero-order chi connectivity index (χ0) is 2.71. The average Bonchev–Trinajstić information content (AvgIpc) is 0.918. The molecule has 0 atom stereocenters. The third kappa shape index (κ3) is 51.3. The molecule has 0 unspecified atom stereocenters. The molecule has 0 radical (unpaired) electrons. The molecular formula is C3H8Cl2Hf-2. The van der Waals surface area contributed by atoms with Gasteiger partial charge in [-0.25, -0.2) is 0 Å². The number of hydrogen-bond donors (Lipinski definition) is 0. The predicted molar refractivity (Wildman–Crippen MR) is 16.0 cm³/mol. The summed E-state index contributed by atoms with van der Waals surface area (Å²) in [4.78, 5) is 0. The molecule has 0 bridgehead atoms. The van der Waals surface area contributed by atoms with Crippen LogP contribution >= 0.6 is 0 Å². The van der Waals surface area contributed by atoms with Gasteiger partial charge in [-0.2, -0.15) is 0 Å². The van der Waals surface area contributed by atoms with E-state index < -0.39 is 0 Å². The van der Waals surface area contributed by atoms with Crippen LogP contribution in [0.15, 0.2) is 0 Å². The van der Waals surface area contributed by atoms with Crippen molar-refractivity contribution in [2.45, 2.75) is 20.3 Å².